The minimum absolute atomic E-state index is 0.499. The van der Waals surface area contributed by atoms with E-state index in [4.69, 9.17) is 0 Å². The van der Waals surface area contributed by atoms with Gasteiger partial charge in [0, 0.05) is 0 Å². The second-order valence-electron chi connectivity index (χ2n) is 4.17. The molecule has 1 aromatic rings. The molecule has 0 amide bonds. The molecule has 0 heterocycles. The Morgan fingerprint density at radius 1 is 1.00 bits per heavy atom. The van der Waals surface area contributed by atoms with E-state index in [9.17, 15) is 0 Å². The van der Waals surface area contributed by atoms with E-state index in [2.05, 4.69) is 65.4 Å². The Morgan fingerprint density at radius 2 is 1.43 bits per heavy atom. The van der Waals surface area contributed by atoms with Crippen LogP contribution in [-0.2, 0) is 15.5 Å². The quantitative estimate of drug-likeness (QED) is 0.739. The fourth-order valence-electron chi connectivity index (χ4n) is 1.60. The topological polar surface area (TPSA) is 12.4 Å². The molecule has 0 aliphatic carbocycles. The summed E-state index contributed by atoms with van der Waals surface area (Å²) in [4.78, 5) is 0. The van der Waals surface area contributed by atoms with Crippen molar-refractivity contribution in [2.45, 2.75) is 39.5 Å². The minimum atomic E-state index is 0.499. The molecule has 0 spiro atoms. The van der Waals surface area contributed by atoms with Crippen LogP contribution in [0.15, 0.2) is 22.2 Å². The van der Waals surface area contributed by atoms with Crippen LogP contribution in [0, 0.1) is 0 Å². The summed E-state index contributed by atoms with van der Waals surface area (Å²) in [6, 6.07) is 6.36. The first-order chi connectivity index (χ1) is 6.57. The van der Waals surface area contributed by atoms with Crippen LogP contribution >= 0.6 is 0 Å². The average molecular weight is 234 g/mol. The SMILES string of the molecule is CC(C)c1cccc(C(C)C)c1[N]=[Co]. The van der Waals surface area contributed by atoms with Gasteiger partial charge in [0.2, 0.25) is 0 Å². The molecule has 0 aliphatic heterocycles. The molecule has 0 saturated heterocycles. The molecule has 0 N–H and O–H groups in total. The second kappa shape index (κ2) is 4.85. The summed E-state index contributed by atoms with van der Waals surface area (Å²) in [5.41, 5.74) is 3.62. The van der Waals surface area contributed by atoms with Gasteiger partial charge in [0.1, 0.15) is 0 Å². The second-order valence-corrected chi connectivity index (χ2v) is 4.40. The van der Waals surface area contributed by atoms with Crippen molar-refractivity contribution in [3.05, 3.63) is 29.3 Å². The zero-order valence-electron chi connectivity index (χ0n) is 9.17. The summed E-state index contributed by atoms with van der Waals surface area (Å²) in [6.45, 7) is 8.73. The molecule has 0 bridgehead atoms. The van der Waals surface area contributed by atoms with Crippen molar-refractivity contribution in [2.75, 3.05) is 0 Å². The molecule has 0 aliphatic rings. The molecular formula is C12H17CoN. The first-order valence-corrected chi connectivity index (χ1v) is 5.47. The predicted molar refractivity (Wildman–Crippen MR) is 56.7 cm³/mol. The summed E-state index contributed by atoms with van der Waals surface area (Å²) in [6.07, 6.45) is 0. The van der Waals surface area contributed by atoms with Gasteiger partial charge < -0.3 is 0 Å². The number of rotatable bonds is 3. The Morgan fingerprint density at radius 3 is 1.71 bits per heavy atom. The van der Waals surface area contributed by atoms with Gasteiger partial charge >= 0.3 is 94.1 Å². The third-order valence-corrected chi connectivity index (χ3v) is 2.65. The van der Waals surface area contributed by atoms with Gasteiger partial charge in [-0.15, -0.1) is 0 Å². The summed E-state index contributed by atoms with van der Waals surface area (Å²) in [5, 5.41) is 0. The van der Waals surface area contributed by atoms with E-state index in [1.807, 2.05) is 0 Å². The van der Waals surface area contributed by atoms with Gasteiger partial charge in [-0.05, 0) is 0 Å². The standard InChI is InChI=1S/C12H17N.Co/c1-8(2)10-6-5-7-11(9(3)4)12(10)13;/h5-9H,1-4H3;. The molecule has 0 aromatic heterocycles. The molecular weight excluding hydrogens is 217 g/mol. The molecule has 0 saturated carbocycles. The summed E-state index contributed by atoms with van der Waals surface area (Å²) >= 11 is 4.11. The number of hydrogen-bond acceptors (Lipinski definition) is 1. The average Bonchev–Trinajstić information content (AvgIpc) is 2.16. The van der Waals surface area contributed by atoms with Crippen molar-refractivity contribution >= 4 is 5.69 Å². The van der Waals surface area contributed by atoms with E-state index >= 15 is 0 Å². The third-order valence-electron chi connectivity index (χ3n) is 2.42. The van der Waals surface area contributed by atoms with Gasteiger partial charge in [0.15, 0.2) is 0 Å². The third kappa shape index (κ3) is 2.31. The van der Waals surface area contributed by atoms with Crippen molar-refractivity contribution in [2.24, 2.45) is 4.00 Å². The monoisotopic (exact) mass is 234 g/mol. The van der Waals surface area contributed by atoms with Crippen LogP contribution in [0.1, 0.15) is 50.7 Å². The van der Waals surface area contributed by atoms with Crippen molar-refractivity contribution in [1.29, 1.82) is 0 Å². The van der Waals surface area contributed by atoms with Crippen LogP contribution in [-0.4, -0.2) is 0 Å². The maximum atomic E-state index is 4.11. The first kappa shape index (κ1) is 11.6. The van der Waals surface area contributed by atoms with E-state index < -0.39 is 0 Å². The van der Waals surface area contributed by atoms with Crippen LogP contribution in [0.3, 0.4) is 0 Å². The van der Waals surface area contributed by atoms with E-state index in [1.165, 1.54) is 11.1 Å². The van der Waals surface area contributed by atoms with Crippen LogP contribution in [0.5, 0.6) is 0 Å². The molecule has 0 unspecified atom stereocenters. The van der Waals surface area contributed by atoms with Crippen molar-refractivity contribution < 1.29 is 15.5 Å². The zero-order valence-corrected chi connectivity index (χ0v) is 10.2. The normalized spacial score (nSPS) is 11.1. The number of hydrogen-bond donors (Lipinski definition) is 0. The molecule has 2 heteroatoms. The number of nitrogens with zero attached hydrogens (tertiary/aromatic N) is 1. The Hall–Kier alpha value is -0.474. The predicted octanol–water partition coefficient (Wildman–Crippen LogP) is 4.30. The van der Waals surface area contributed by atoms with Gasteiger partial charge in [-0.25, -0.2) is 0 Å². The molecule has 0 atom stereocenters. The maximum absolute atomic E-state index is 4.11. The van der Waals surface area contributed by atoms with E-state index in [-0.39, 0.29) is 0 Å². The first-order valence-electron chi connectivity index (χ1n) is 5.00. The van der Waals surface area contributed by atoms with E-state index in [0.717, 1.165) is 5.69 Å². The van der Waals surface area contributed by atoms with Crippen molar-refractivity contribution in [3.63, 3.8) is 0 Å². The van der Waals surface area contributed by atoms with Crippen molar-refractivity contribution in [1.82, 2.24) is 0 Å². The Balaban J connectivity index is 3.32. The van der Waals surface area contributed by atoms with Gasteiger partial charge in [-0.3, -0.25) is 0 Å². The van der Waals surface area contributed by atoms with Gasteiger partial charge in [0.25, 0.3) is 0 Å². The van der Waals surface area contributed by atoms with Crippen LogP contribution in [0.25, 0.3) is 0 Å². The van der Waals surface area contributed by atoms with Crippen molar-refractivity contribution in [3.8, 4) is 0 Å². The van der Waals surface area contributed by atoms with Gasteiger partial charge in [-0.2, -0.15) is 0 Å². The molecule has 0 radical (unpaired) electrons. The molecule has 79 valence electrons. The summed E-state index contributed by atoms with van der Waals surface area (Å²) in [7, 11) is 0. The molecule has 1 nitrogen and oxygen atoms in total. The van der Waals surface area contributed by atoms with Gasteiger partial charge in [0.05, 0.1) is 0 Å². The molecule has 14 heavy (non-hydrogen) atoms. The van der Waals surface area contributed by atoms with Crippen LogP contribution in [0.2, 0.25) is 0 Å². The number of benzene rings is 1. The van der Waals surface area contributed by atoms with Gasteiger partial charge in [-0.1, -0.05) is 0 Å². The molecule has 0 fully saturated rings. The van der Waals surface area contributed by atoms with E-state index in [1.54, 1.807) is 0 Å². The Bertz CT molecular complexity index is 303. The molecule has 1 aromatic carbocycles. The van der Waals surface area contributed by atoms with Crippen LogP contribution in [0.4, 0.5) is 5.69 Å². The summed E-state index contributed by atoms with van der Waals surface area (Å²) in [5.74, 6) is 0.997. The Labute approximate surface area is 94.3 Å². The van der Waals surface area contributed by atoms with Crippen LogP contribution < -0.4 is 0 Å². The fraction of sp³-hybridized carbons (Fsp3) is 0.500. The zero-order chi connectivity index (χ0) is 10.7. The van der Waals surface area contributed by atoms with E-state index in [0.29, 0.717) is 11.8 Å². The Kier molecular flexibility index (Phi) is 4.02. The molecule has 1 rings (SSSR count). The summed E-state index contributed by atoms with van der Waals surface area (Å²) < 4.78 is 4.10. The fourth-order valence-corrected chi connectivity index (χ4v) is 1.87.